The van der Waals surface area contributed by atoms with Crippen molar-refractivity contribution in [2.75, 3.05) is 0 Å². The van der Waals surface area contributed by atoms with Crippen LogP contribution in [0.2, 0.25) is 0 Å². The fourth-order valence-corrected chi connectivity index (χ4v) is 3.62. The lowest BCUT2D eigenvalue weighted by atomic mass is 10.0. The number of fused-ring (bicyclic) bond motifs is 3. The summed E-state index contributed by atoms with van der Waals surface area (Å²) in [7, 11) is 0. The van der Waals surface area contributed by atoms with E-state index in [4.69, 9.17) is 0 Å². The molecular formula is C15H14S. The van der Waals surface area contributed by atoms with Crippen LogP contribution >= 0.6 is 11.3 Å². The summed E-state index contributed by atoms with van der Waals surface area (Å²) < 4.78 is 2.83. The van der Waals surface area contributed by atoms with Crippen LogP contribution in [0, 0.1) is 6.92 Å². The lowest BCUT2D eigenvalue weighted by Gasteiger charge is -2.02. The van der Waals surface area contributed by atoms with Gasteiger partial charge in [0.25, 0.3) is 0 Å². The monoisotopic (exact) mass is 226 g/mol. The van der Waals surface area contributed by atoms with Gasteiger partial charge >= 0.3 is 0 Å². The van der Waals surface area contributed by atoms with Gasteiger partial charge in [0.1, 0.15) is 0 Å². The molecule has 0 N–H and O–H groups in total. The summed E-state index contributed by atoms with van der Waals surface area (Å²) in [6.07, 6.45) is 1.11. The van der Waals surface area contributed by atoms with Crippen LogP contribution in [0.5, 0.6) is 0 Å². The quantitative estimate of drug-likeness (QED) is 0.552. The molecule has 0 nitrogen and oxygen atoms in total. The van der Waals surface area contributed by atoms with E-state index in [-0.39, 0.29) is 0 Å². The molecule has 80 valence electrons. The van der Waals surface area contributed by atoms with Crippen molar-refractivity contribution in [1.29, 1.82) is 0 Å². The molecule has 0 unspecified atom stereocenters. The molecule has 0 aliphatic rings. The van der Waals surface area contributed by atoms with Crippen LogP contribution in [-0.2, 0) is 6.42 Å². The van der Waals surface area contributed by atoms with Gasteiger partial charge in [-0.25, -0.2) is 0 Å². The highest BCUT2D eigenvalue weighted by Gasteiger charge is 2.08. The average Bonchev–Trinajstić information content (AvgIpc) is 2.65. The van der Waals surface area contributed by atoms with E-state index in [1.165, 1.54) is 31.3 Å². The third kappa shape index (κ3) is 1.35. The second-order valence-electron chi connectivity index (χ2n) is 4.25. The largest absolute Gasteiger partial charge is 0.135 e. The van der Waals surface area contributed by atoms with Gasteiger partial charge in [-0.2, -0.15) is 0 Å². The molecule has 2 aromatic carbocycles. The van der Waals surface area contributed by atoms with E-state index in [1.54, 1.807) is 0 Å². The fraction of sp³-hybridized carbons (Fsp3) is 0.200. The summed E-state index contributed by atoms with van der Waals surface area (Å²) in [4.78, 5) is 0. The molecule has 0 bridgehead atoms. The zero-order chi connectivity index (χ0) is 11.1. The average molecular weight is 226 g/mol. The summed E-state index contributed by atoms with van der Waals surface area (Å²) in [5.41, 5.74) is 2.85. The molecule has 1 heterocycles. The normalized spacial score (nSPS) is 11.4. The van der Waals surface area contributed by atoms with E-state index in [0.717, 1.165) is 6.42 Å². The van der Waals surface area contributed by atoms with Crippen molar-refractivity contribution in [3.05, 3.63) is 47.5 Å². The minimum atomic E-state index is 1.11. The van der Waals surface area contributed by atoms with Crippen LogP contribution in [0.1, 0.15) is 18.1 Å². The molecule has 0 fully saturated rings. The van der Waals surface area contributed by atoms with Crippen molar-refractivity contribution in [2.24, 2.45) is 0 Å². The van der Waals surface area contributed by atoms with Gasteiger partial charge in [-0.05, 0) is 36.6 Å². The number of hydrogen-bond donors (Lipinski definition) is 0. The molecule has 0 aliphatic heterocycles. The van der Waals surface area contributed by atoms with Crippen molar-refractivity contribution >= 4 is 31.5 Å². The Kier molecular flexibility index (Phi) is 2.22. The van der Waals surface area contributed by atoms with Gasteiger partial charge in [-0.15, -0.1) is 11.3 Å². The van der Waals surface area contributed by atoms with Crippen molar-refractivity contribution in [3.63, 3.8) is 0 Å². The van der Waals surface area contributed by atoms with E-state index in [0.29, 0.717) is 0 Å². The summed E-state index contributed by atoms with van der Waals surface area (Å²) in [6, 6.07) is 13.3. The Morgan fingerprint density at radius 1 is 1.06 bits per heavy atom. The molecule has 3 aromatic rings. The fourth-order valence-electron chi connectivity index (χ4n) is 2.37. The van der Waals surface area contributed by atoms with Gasteiger partial charge < -0.3 is 0 Å². The molecule has 1 heteroatoms. The van der Waals surface area contributed by atoms with Crippen LogP contribution in [0.3, 0.4) is 0 Å². The highest BCUT2D eigenvalue weighted by Crippen LogP contribution is 2.36. The third-order valence-corrected chi connectivity index (χ3v) is 4.20. The van der Waals surface area contributed by atoms with Crippen LogP contribution in [0.4, 0.5) is 0 Å². The second kappa shape index (κ2) is 3.60. The molecule has 0 saturated carbocycles. The Bertz CT molecular complexity index is 662. The van der Waals surface area contributed by atoms with Gasteiger partial charge in [0.05, 0.1) is 0 Å². The smallest absolute Gasteiger partial charge is 0.0360 e. The van der Waals surface area contributed by atoms with Crippen molar-refractivity contribution in [2.45, 2.75) is 20.3 Å². The number of thiophene rings is 1. The second-order valence-corrected chi connectivity index (χ2v) is 5.33. The van der Waals surface area contributed by atoms with E-state index in [9.17, 15) is 0 Å². The summed E-state index contributed by atoms with van der Waals surface area (Å²) in [6.45, 7) is 4.42. The van der Waals surface area contributed by atoms with Crippen LogP contribution < -0.4 is 0 Å². The summed E-state index contributed by atoms with van der Waals surface area (Å²) in [5, 5.41) is 2.88. The van der Waals surface area contributed by atoms with Gasteiger partial charge in [0.15, 0.2) is 0 Å². The predicted molar refractivity (Wildman–Crippen MR) is 73.4 cm³/mol. The molecule has 0 spiro atoms. The first-order valence-electron chi connectivity index (χ1n) is 5.70. The first-order valence-corrected chi connectivity index (χ1v) is 6.52. The highest BCUT2D eigenvalue weighted by molar-refractivity contribution is 7.25. The lowest BCUT2D eigenvalue weighted by Crippen LogP contribution is -1.83. The van der Waals surface area contributed by atoms with Crippen molar-refractivity contribution < 1.29 is 0 Å². The summed E-state index contributed by atoms with van der Waals surface area (Å²) in [5.74, 6) is 0. The molecule has 1 aromatic heterocycles. The Hall–Kier alpha value is -1.34. The van der Waals surface area contributed by atoms with Gasteiger partial charge in [0.2, 0.25) is 0 Å². The maximum absolute atomic E-state index is 2.32. The SMILES string of the molecule is CCc1cc(C)cc2sc3ccccc3c12. The minimum Gasteiger partial charge on any atom is -0.135 e. The first kappa shape index (κ1) is 9.86. The van der Waals surface area contributed by atoms with Crippen molar-refractivity contribution in [3.8, 4) is 0 Å². The first-order chi connectivity index (χ1) is 7.79. The van der Waals surface area contributed by atoms with E-state index in [2.05, 4.69) is 50.2 Å². The number of aryl methyl sites for hydroxylation is 2. The molecule has 0 atom stereocenters. The maximum atomic E-state index is 2.32. The van der Waals surface area contributed by atoms with Gasteiger partial charge in [-0.1, -0.05) is 31.2 Å². The Morgan fingerprint density at radius 2 is 1.88 bits per heavy atom. The molecule has 0 aliphatic carbocycles. The zero-order valence-electron chi connectivity index (χ0n) is 9.58. The highest BCUT2D eigenvalue weighted by atomic mass is 32.1. The predicted octanol–water partition coefficient (Wildman–Crippen LogP) is 4.93. The molecular weight excluding hydrogens is 212 g/mol. The van der Waals surface area contributed by atoms with Gasteiger partial charge in [0, 0.05) is 20.2 Å². The molecule has 0 saturated heterocycles. The Balaban J connectivity index is 2.55. The topological polar surface area (TPSA) is 0 Å². The molecule has 16 heavy (non-hydrogen) atoms. The minimum absolute atomic E-state index is 1.11. The zero-order valence-corrected chi connectivity index (χ0v) is 10.4. The van der Waals surface area contributed by atoms with Crippen LogP contribution in [0.15, 0.2) is 36.4 Å². The molecule has 0 radical (unpaired) electrons. The number of rotatable bonds is 1. The molecule has 0 amide bonds. The Morgan fingerprint density at radius 3 is 2.69 bits per heavy atom. The Labute approximate surface area is 99.5 Å². The van der Waals surface area contributed by atoms with Crippen LogP contribution in [-0.4, -0.2) is 0 Å². The number of hydrogen-bond acceptors (Lipinski definition) is 1. The van der Waals surface area contributed by atoms with Gasteiger partial charge in [-0.3, -0.25) is 0 Å². The molecule has 3 rings (SSSR count). The standard InChI is InChI=1S/C15H14S/c1-3-11-8-10(2)9-14-15(11)12-6-4-5-7-13(12)16-14/h4-9H,3H2,1-2H3. The third-order valence-electron chi connectivity index (χ3n) is 3.09. The van der Waals surface area contributed by atoms with E-state index >= 15 is 0 Å². The summed E-state index contributed by atoms with van der Waals surface area (Å²) >= 11 is 1.91. The van der Waals surface area contributed by atoms with E-state index in [1.807, 2.05) is 11.3 Å². The van der Waals surface area contributed by atoms with E-state index < -0.39 is 0 Å². The van der Waals surface area contributed by atoms with Crippen molar-refractivity contribution in [1.82, 2.24) is 0 Å². The maximum Gasteiger partial charge on any atom is 0.0360 e. The van der Waals surface area contributed by atoms with Crippen LogP contribution in [0.25, 0.3) is 20.2 Å². The lowest BCUT2D eigenvalue weighted by molar-refractivity contribution is 1.16. The number of benzene rings is 2.